The molecule has 0 unspecified atom stereocenters. The van der Waals surface area contributed by atoms with Gasteiger partial charge in [-0.05, 0) is 25.6 Å². The van der Waals surface area contributed by atoms with E-state index in [1.54, 1.807) is 24.2 Å². The molecule has 1 aromatic heterocycles. The summed E-state index contributed by atoms with van der Waals surface area (Å²) >= 11 is 0. The molecule has 2 heterocycles. The monoisotopic (exact) mass is 306 g/mol. The number of hydrogen-bond donors (Lipinski definition) is 1. The molecule has 2 rings (SSSR count). The van der Waals surface area contributed by atoms with E-state index in [4.69, 9.17) is 10.5 Å². The number of carbonyl (C=O) groups is 2. The van der Waals surface area contributed by atoms with Crippen LogP contribution in [0.15, 0.2) is 24.5 Å². The molecule has 1 aliphatic rings. The van der Waals surface area contributed by atoms with Gasteiger partial charge in [-0.25, -0.2) is 0 Å². The maximum Gasteiger partial charge on any atom is 0.251 e. The number of aromatic nitrogens is 1. The topological polar surface area (TPSA) is 88.8 Å². The van der Waals surface area contributed by atoms with Crippen LogP contribution in [0.4, 0.5) is 0 Å². The van der Waals surface area contributed by atoms with E-state index in [0.29, 0.717) is 19.7 Å². The predicted octanol–water partition coefficient (Wildman–Crippen LogP) is -0.384. The number of rotatable bonds is 5. The van der Waals surface area contributed by atoms with Gasteiger partial charge in [0.15, 0.2) is 5.60 Å². The normalized spacial score (nSPS) is 21.9. The molecule has 0 aromatic carbocycles. The fraction of sp³-hybridized carbons (Fsp3) is 0.533. The van der Waals surface area contributed by atoms with E-state index >= 15 is 0 Å². The number of hydrogen-bond acceptors (Lipinski definition) is 5. The van der Waals surface area contributed by atoms with Crippen molar-refractivity contribution in [2.45, 2.75) is 19.1 Å². The minimum absolute atomic E-state index is 0.0397. The molecule has 120 valence electrons. The standard InChI is InChI=1S/C15H22N4O3/c1-15(14(16)21)11-19(6-7-22-15)13(20)10-18(2)9-12-4-3-5-17-8-12/h3-5,8H,6-7,9-11H2,1-2H3,(H2,16,21)/t15-/m0/s1. The Morgan fingerprint density at radius 1 is 1.55 bits per heavy atom. The van der Waals surface area contributed by atoms with E-state index in [0.717, 1.165) is 5.56 Å². The van der Waals surface area contributed by atoms with Crippen molar-refractivity contribution in [1.82, 2.24) is 14.8 Å². The zero-order valence-corrected chi connectivity index (χ0v) is 13.0. The fourth-order valence-electron chi connectivity index (χ4n) is 2.42. The maximum atomic E-state index is 12.4. The summed E-state index contributed by atoms with van der Waals surface area (Å²) in [5, 5.41) is 0. The summed E-state index contributed by atoms with van der Waals surface area (Å²) in [6.45, 7) is 3.51. The van der Waals surface area contributed by atoms with Crippen LogP contribution < -0.4 is 5.73 Å². The molecule has 0 bridgehead atoms. The van der Waals surface area contributed by atoms with Gasteiger partial charge in [-0.3, -0.25) is 19.5 Å². The molecular weight excluding hydrogens is 284 g/mol. The third-order valence-corrected chi connectivity index (χ3v) is 3.73. The van der Waals surface area contributed by atoms with Crippen LogP contribution in [-0.2, 0) is 20.9 Å². The Balaban J connectivity index is 1.90. The summed E-state index contributed by atoms with van der Waals surface area (Å²) in [6.07, 6.45) is 3.49. The Hall–Kier alpha value is -1.99. The van der Waals surface area contributed by atoms with Gasteiger partial charge in [0.05, 0.1) is 19.7 Å². The highest BCUT2D eigenvalue weighted by atomic mass is 16.5. The smallest absolute Gasteiger partial charge is 0.251 e. The summed E-state index contributed by atoms with van der Waals surface area (Å²) in [5.41, 5.74) is 5.29. The lowest BCUT2D eigenvalue weighted by molar-refractivity contribution is -0.160. The molecule has 22 heavy (non-hydrogen) atoms. The van der Waals surface area contributed by atoms with E-state index in [2.05, 4.69) is 4.98 Å². The third-order valence-electron chi connectivity index (χ3n) is 3.73. The second kappa shape index (κ2) is 6.85. The molecule has 0 saturated carbocycles. The van der Waals surface area contributed by atoms with Gasteiger partial charge in [0.1, 0.15) is 0 Å². The summed E-state index contributed by atoms with van der Waals surface area (Å²) < 4.78 is 5.42. The van der Waals surface area contributed by atoms with Crippen LogP contribution in [0.3, 0.4) is 0 Å². The largest absolute Gasteiger partial charge is 0.367 e. The maximum absolute atomic E-state index is 12.4. The molecule has 1 aromatic rings. The van der Waals surface area contributed by atoms with Gasteiger partial charge in [0.2, 0.25) is 5.91 Å². The summed E-state index contributed by atoms with van der Waals surface area (Å²) in [6, 6.07) is 3.83. The van der Waals surface area contributed by atoms with Gasteiger partial charge in [-0.1, -0.05) is 6.07 Å². The van der Waals surface area contributed by atoms with Crippen LogP contribution in [-0.4, -0.2) is 65.5 Å². The van der Waals surface area contributed by atoms with Crippen LogP contribution in [0.5, 0.6) is 0 Å². The van der Waals surface area contributed by atoms with Crippen LogP contribution in [0.1, 0.15) is 12.5 Å². The minimum atomic E-state index is -1.10. The van der Waals surface area contributed by atoms with Crippen molar-refractivity contribution in [3.63, 3.8) is 0 Å². The van der Waals surface area contributed by atoms with Gasteiger partial charge in [0, 0.05) is 25.5 Å². The predicted molar refractivity (Wildman–Crippen MR) is 80.7 cm³/mol. The Kier molecular flexibility index (Phi) is 5.10. The number of nitrogens with zero attached hydrogens (tertiary/aromatic N) is 3. The second-order valence-corrected chi connectivity index (χ2v) is 5.79. The van der Waals surface area contributed by atoms with Crippen LogP contribution >= 0.6 is 0 Å². The molecule has 0 radical (unpaired) electrons. The van der Waals surface area contributed by atoms with Gasteiger partial charge in [0.25, 0.3) is 5.91 Å². The first kappa shape index (κ1) is 16.4. The highest BCUT2D eigenvalue weighted by Gasteiger charge is 2.39. The van der Waals surface area contributed by atoms with Crippen molar-refractivity contribution in [3.8, 4) is 0 Å². The number of nitrogens with two attached hydrogens (primary N) is 1. The number of carbonyl (C=O) groups excluding carboxylic acids is 2. The number of morpholine rings is 1. The Morgan fingerprint density at radius 3 is 2.95 bits per heavy atom. The number of likely N-dealkylation sites (N-methyl/N-ethyl adjacent to an activating group) is 1. The van der Waals surface area contributed by atoms with Crippen molar-refractivity contribution >= 4 is 11.8 Å². The van der Waals surface area contributed by atoms with Gasteiger partial charge in [-0.15, -0.1) is 0 Å². The van der Waals surface area contributed by atoms with Gasteiger partial charge < -0.3 is 15.4 Å². The SMILES string of the molecule is CN(CC(=O)N1CCO[C@](C)(C(N)=O)C1)Cc1cccnc1. The Bertz CT molecular complexity index is 537. The summed E-state index contributed by atoms with van der Waals surface area (Å²) in [7, 11) is 1.87. The average molecular weight is 306 g/mol. The van der Waals surface area contributed by atoms with Crippen molar-refractivity contribution in [2.75, 3.05) is 33.3 Å². The first-order valence-electron chi connectivity index (χ1n) is 7.20. The number of primary amides is 1. The zero-order valence-electron chi connectivity index (χ0n) is 13.0. The molecule has 1 atom stereocenters. The zero-order chi connectivity index (χ0) is 16.2. The summed E-state index contributed by atoms with van der Waals surface area (Å²) in [5.74, 6) is -0.587. The molecule has 2 N–H and O–H groups in total. The van der Waals surface area contributed by atoms with E-state index in [1.807, 2.05) is 24.1 Å². The Labute approximate surface area is 130 Å². The van der Waals surface area contributed by atoms with Crippen molar-refractivity contribution in [3.05, 3.63) is 30.1 Å². The second-order valence-electron chi connectivity index (χ2n) is 5.79. The molecular formula is C15H22N4O3. The highest BCUT2D eigenvalue weighted by Crippen LogP contribution is 2.17. The lowest BCUT2D eigenvalue weighted by Gasteiger charge is -2.38. The molecule has 7 nitrogen and oxygen atoms in total. The molecule has 0 spiro atoms. The van der Waals surface area contributed by atoms with E-state index in [9.17, 15) is 9.59 Å². The van der Waals surface area contributed by atoms with Gasteiger partial charge in [-0.2, -0.15) is 0 Å². The molecule has 7 heteroatoms. The number of pyridine rings is 1. The van der Waals surface area contributed by atoms with E-state index in [1.165, 1.54) is 0 Å². The first-order valence-corrected chi connectivity index (χ1v) is 7.20. The van der Waals surface area contributed by atoms with Crippen LogP contribution in [0.2, 0.25) is 0 Å². The Morgan fingerprint density at radius 2 is 2.32 bits per heavy atom. The number of amides is 2. The first-order chi connectivity index (χ1) is 10.4. The minimum Gasteiger partial charge on any atom is -0.367 e. The van der Waals surface area contributed by atoms with Crippen molar-refractivity contribution in [2.24, 2.45) is 5.73 Å². The molecule has 1 fully saturated rings. The molecule has 1 aliphatic heterocycles. The van der Waals surface area contributed by atoms with E-state index in [-0.39, 0.29) is 19.0 Å². The highest BCUT2D eigenvalue weighted by molar-refractivity contribution is 5.85. The molecule has 1 saturated heterocycles. The summed E-state index contributed by atoms with van der Waals surface area (Å²) in [4.78, 5) is 31.4. The quantitative estimate of drug-likeness (QED) is 0.801. The lowest BCUT2D eigenvalue weighted by atomic mass is 10.0. The van der Waals surface area contributed by atoms with E-state index < -0.39 is 11.5 Å². The fourth-order valence-corrected chi connectivity index (χ4v) is 2.42. The lowest BCUT2D eigenvalue weighted by Crippen LogP contribution is -2.59. The third kappa shape index (κ3) is 4.02. The average Bonchev–Trinajstić information content (AvgIpc) is 2.48. The molecule has 2 amide bonds. The van der Waals surface area contributed by atoms with Gasteiger partial charge >= 0.3 is 0 Å². The van der Waals surface area contributed by atoms with Crippen LogP contribution in [0, 0.1) is 0 Å². The van der Waals surface area contributed by atoms with Crippen LogP contribution in [0.25, 0.3) is 0 Å². The molecule has 0 aliphatic carbocycles. The van der Waals surface area contributed by atoms with Crippen molar-refractivity contribution < 1.29 is 14.3 Å². The number of ether oxygens (including phenoxy) is 1. The van der Waals surface area contributed by atoms with Crippen molar-refractivity contribution in [1.29, 1.82) is 0 Å².